The van der Waals surface area contributed by atoms with E-state index in [1.165, 1.54) is 4.90 Å². The molecule has 2 aliphatic rings. The van der Waals surface area contributed by atoms with Gasteiger partial charge in [-0.15, -0.1) is 0 Å². The molecule has 0 aromatic heterocycles. The van der Waals surface area contributed by atoms with Gasteiger partial charge in [-0.2, -0.15) is 0 Å². The van der Waals surface area contributed by atoms with Crippen molar-refractivity contribution in [3.05, 3.63) is 28.3 Å². The van der Waals surface area contributed by atoms with Crippen LogP contribution in [0, 0.1) is 10.1 Å². The Kier molecular flexibility index (Phi) is 5.49. The van der Waals surface area contributed by atoms with Crippen LogP contribution in [0.4, 0.5) is 17.1 Å². The first-order valence-corrected chi connectivity index (χ1v) is 8.49. The third-order valence-corrected chi connectivity index (χ3v) is 4.81. The third kappa shape index (κ3) is 3.77. The zero-order valence-corrected chi connectivity index (χ0v) is 13.8. The molecule has 0 bridgehead atoms. The van der Waals surface area contributed by atoms with Crippen LogP contribution in [0.5, 0.6) is 0 Å². The zero-order chi connectivity index (χ0) is 16.9. The van der Waals surface area contributed by atoms with E-state index in [1.807, 2.05) is 17.0 Å². The fraction of sp³-hybridized carbons (Fsp3) is 0.625. The van der Waals surface area contributed by atoms with E-state index in [0.717, 1.165) is 38.4 Å². The molecule has 0 aliphatic carbocycles. The lowest BCUT2D eigenvalue weighted by Crippen LogP contribution is -3.15. The normalized spacial score (nSPS) is 19.5. The highest BCUT2D eigenvalue weighted by Gasteiger charge is 2.25. The fourth-order valence-electron chi connectivity index (χ4n) is 3.41. The molecule has 0 saturated carbocycles. The van der Waals surface area contributed by atoms with E-state index in [1.54, 1.807) is 6.07 Å². The van der Waals surface area contributed by atoms with Crippen LogP contribution in [0.1, 0.15) is 0 Å². The third-order valence-electron chi connectivity index (χ3n) is 4.81. The lowest BCUT2D eigenvalue weighted by Gasteiger charge is -2.34. The molecule has 0 radical (unpaired) electrons. The van der Waals surface area contributed by atoms with E-state index in [4.69, 9.17) is 9.84 Å². The fourth-order valence-corrected chi connectivity index (χ4v) is 3.41. The predicted molar refractivity (Wildman–Crippen MR) is 91.0 cm³/mol. The van der Waals surface area contributed by atoms with Crippen molar-refractivity contribution in [1.82, 2.24) is 0 Å². The maximum atomic E-state index is 11.4. The van der Waals surface area contributed by atoms with E-state index >= 15 is 0 Å². The molecule has 0 amide bonds. The van der Waals surface area contributed by atoms with Gasteiger partial charge in [0.1, 0.15) is 12.2 Å². The van der Waals surface area contributed by atoms with Gasteiger partial charge in [0.2, 0.25) is 0 Å². The van der Waals surface area contributed by atoms with Gasteiger partial charge in [-0.25, -0.2) is 0 Å². The number of nitro groups is 1. The van der Waals surface area contributed by atoms with Gasteiger partial charge in [0.05, 0.1) is 50.9 Å². The number of anilines is 2. The Morgan fingerprint density at radius 1 is 1.17 bits per heavy atom. The molecule has 8 nitrogen and oxygen atoms in total. The van der Waals surface area contributed by atoms with Gasteiger partial charge in [-0.3, -0.25) is 10.1 Å². The van der Waals surface area contributed by atoms with E-state index in [-0.39, 0.29) is 17.2 Å². The quantitative estimate of drug-likeness (QED) is 0.537. The molecule has 2 heterocycles. The number of aliphatic hydroxyl groups excluding tert-OH is 1. The molecular weight excluding hydrogens is 312 g/mol. The number of nitrogens with zero attached hydrogens (tertiary/aromatic N) is 3. The van der Waals surface area contributed by atoms with E-state index in [0.29, 0.717) is 32.0 Å². The summed E-state index contributed by atoms with van der Waals surface area (Å²) < 4.78 is 5.36. The Labute approximate surface area is 141 Å². The monoisotopic (exact) mass is 337 g/mol. The highest BCUT2D eigenvalue weighted by Crippen LogP contribution is 2.33. The van der Waals surface area contributed by atoms with Crippen LogP contribution in [-0.4, -0.2) is 75.7 Å². The summed E-state index contributed by atoms with van der Waals surface area (Å²) in [7, 11) is 0. The number of hydrogen-bond donors (Lipinski definition) is 2. The molecule has 0 unspecified atom stereocenters. The molecule has 1 aromatic rings. The number of rotatable bonds is 5. The number of benzene rings is 1. The average molecular weight is 337 g/mol. The molecule has 24 heavy (non-hydrogen) atoms. The van der Waals surface area contributed by atoms with E-state index in [2.05, 4.69) is 4.90 Å². The minimum absolute atomic E-state index is 0.158. The van der Waals surface area contributed by atoms with Crippen molar-refractivity contribution in [3.8, 4) is 0 Å². The second-order valence-electron chi connectivity index (χ2n) is 6.24. The van der Waals surface area contributed by atoms with Gasteiger partial charge in [-0.1, -0.05) is 0 Å². The first-order chi connectivity index (χ1) is 11.7. The van der Waals surface area contributed by atoms with Crippen LogP contribution < -0.4 is 14.7 Å². The molecule has 2 aliphatic heterocycles. The number of ether oxygens (including phenoxy) is 1. The van der Waals surface area contributed by atoms with E-state index in [9.17, 15) is 10.1 Å². The van der Waals surface area contributed by atoms with Crippen molar-refractivity contribution < 1.29 is 19.7 Å². The van der Waals surface area contributed by atoms with Crippen LogP contribution in [0.25, 0.3) is 0 Å². The second kappa shape index (κ2) is 7.78. The minimum atomic E-state index is -0.308. The summed E-state index contributed by atoms with van der Waals surface area (Å²) in [5.74, 6) is 0. The maximum Gasteiger partial charge on any atom is 0.292 e. The number of nitro benzene ring substituents is 1. The standard InChI is InChI=1S/C16H24N4O4/c21-10-7-17-3-5-18(6-4-17)14-1-2-15(20(22)23)16(13-14)19-8-11-24-12-9-19/h1-2,13,21H,3-12H2/p+1. The summed E-state index contributed by atoms with van der Waals surface area (Å²) >= 11 is 0. The van der Waals surface area contributed by atoms with Crippen LogP contribution in [0.15, 0.2) is 18.2 Å². The van der Waals surface area contributed by atoms with Gasteiger partial charge in [0.25, 0.3) is 5.69 Å². The van der Waals surface area contributed by atoms with Crippen LogP contribution in [0.2, 0.25) is 0 Å². The second-order valence-corrected chi connectivity index (χ2v) is 6.24. The lowest BCUT2D eigenvalue weighted by molar-refractivity contribution is -0.900. The molecule has 132 valence electrons. The van der Waals surface area contributed by atoms with Gasteiger partial charge < -0.3 is 24.5 Å². The van der Waals surface area contributed by atoms with Crippen molar-refractivity contribution in [3.63, 3.8) is 0 Å². The highest BCUT2D eigenvalue weighted by molar-refractivity contribution is 5.70. The zero-order valence-electron chi connectivity index (χ0n) is 13.8. The average Bonchev–Trinajstić information content (AvgIpc) is 2.63. The number of nitrogens with one attached hydrogen (secondary N) is 1. The summed E-state index contributed by atoms with van der Waals surface area (Å²) in [4.78, 5) is 16.8. The molecule has 8 heteroatoms. The van der Waals surface area contributed by atoms with Gasteiger partial charge >= 0.3 is 0 Å². The SMILES string of the molecule is O=[N+]([O-])c1ccc(N2CC[NH+](CCO)CC2)cc1N1CCOCC1. The molecule has 2 fully saturated rings. The molecule has 0 spiro atoms. The summed E-state index contributed by atoms with van der Waals surface area (Å²) in [5, 5.41) is 20.4. The van der Waals surface area contributed by atoms with Crippen molar-refractivity contribution in [2.75, 3.05) is 75.4 Å². The number of morpholine rings is 1. The van der Waals surface area contributed by atoms with Gasteiger partial charge in [-0.05, 0) is 12.1 Å². The van der Waals surface area contributed by atoms with Crippen molar-refractivity contribution >= 4 is 17.1 Å². The first kappa shape index (κ1) is 16.9. The van der Waals surface area contributed by atoms with Crippen molar-refractivity contribution in [2.45, 2.75) is 0 Å². The number of quaternary nitrogens is 1. The Morgan fingerprint density at radius 2 is 1.88 bits per heavy atom. The molecule has 2 saturated heterocycles. The number of aliphatic hydroxyl groups is 1. The molecule has 0 atom stereocenters. The lowest BCUT2D eigenvalue weighted by atomic mass is 10.1. The Hall–Kier alpha value is -1.90. The molecular formula is C16H25N4O4+. The van der Waals surface area contributed by atoms with Crippen LogP contribution in [0.3, 0.4) is 0 Å². The first-order valence-electron chi connectivity index (χ1n) is 8.49. The summed E-state index contributed by atoms with van der Waals surface area (Å²) in [6.07, 6.45) is 0. The Morgan fingerprint density at radius 3 is 2.50 bits per heavy atom. The Bertz CT molecular complexity index is 569. The summed E-state index contributed by atoms with van der Waals surface area (Å²) in [6, 6.07) is 5.41. The molecule has 1 aromatic carbocycles. The summed E-state index contributed by atoms with van der Waals surface area (Å²) in [6.45, 7) is 7.31. The predicted octanol–water partition coefficient (Wildman–Crippen LogP) is -0.871. The van der Waals surface area contributed by atoms with Crippen molar-refractivity contribution in [2.24, 2.45) is 0 Å². The molecule has 2 N–H and O–H groups in total. The molecule has 3 rings (SSSR count). The summed E-state index contributed by atoms with van der Waals surface area (Å²) in [5.41, 5.74) is 1.88. The van der Waals surface area contributed by atoms with Gasteiger partial charge in [0.15, 0.2) is 0 Å². The van der Waals surface area contributed by atoms with E-state index < -0.39 is 0 Å². The number of hydrogen-bond acceptors (Lipinski definition) is 6. The van der Waals surface area contributed by atoms with Crippen LogP contribution in [-0.2, 0) is 4.74 Å². The maximum absolute atomic E-state index is 11.4. The Balaban J connectivity index is 1.78. The van der Waals surface area contributed by atoms with Crippen molar-refractivity contribution in [1.29, 1.82) is 0 Å². The highest BCUT2D eigenvalue weighted by atomic mass is 16.6. The largest absolute Gasteiger partial charge is 0.391 e. The topological polar surface area (TPSA) is 83.5 Å². The van der Waals surface area contributed by atoms with Crippen LogP contribution >= 0.6 is 0 Å². The minimum Gasteiger partial charge on any atom is -0.391 e. The smallest absolute Gasteiger partial charge is 0.292 e. The van der Waals surface area contributed by atoms with Gasteiger partial charge in [0, 0.05) is 24.8 Å². The number of piperazine rings is 1.